The van der Waals surface area contributed by atoms with Crippen molar-refractivity contribution in [3.63, 3.8) is 0 Å². The second kappa shape index (κ2) is 13.1. The molecule has 0 unspecified atom stereocenters. The van der Waals surface area contributed by atoms with Crippen LogP contribution < -0.4 is 0 Å². The molecule has 53 heavy (non-hydrogen) atoms. The molecular formula is C50H32N2S. The summed E-state index contributed by atoms with van der Waals surface area (Å²) in [7, 11) is 0. The van der Waals surface area contributed by atoms with E-state index in [9.17, 15) is 0 Å². The SMILES string of the molecule is c1ccc(-c2cc(-c3cc(-c4cccc(-c5cccc6ccccc56)c4)nc(-c4ccccc4)n3)cc(-c3cccc4sc5ccccc5c34)c2)cc1. The number of rotatable bonds is 6. The Morgan fingerprint density at radius 3 is 1.72 bits per heavy atom. The van der Waals surface area contributed by atoms with Crippen LogP contribution in [-0.4, -0.2) is 9.97 Å². The highest BCUT2D eigenvalue weighted by Crippen LogP contribution is 2.42. The quantitative estimate of drug-likeness (QED) is 0.173. The molecular weight excluding hydrogens is 661 g/mol. The molecule has 2 aromatic heterocycles. The van der Waals surface area contributed by atoms with Crippen molar-refractivity contribution in [2.24, 2.45) is 0 Å². The first kappa shape index (κ1) is 31.1. The summed E-state index contributed by atoms with van der Waals surface area (Å²) in [6.45, 7) is 0. The smallest absolute Gasteiger partial charge is 0.160 e. The van der Waals surface area contributed by atoms with Crippen LogP contribution in [0.15, 0.2) is 194 Å². The average molecular weight is 693 g/mol. The fraction of sp³-hybridized carbons (Fsp3) is 0. The molecule has 2 heterocycles. The van der Waals surface area contributed by atoms with Crippen LogP contribution in [0.25, 0.3) is 98.2 Å². The van der Waals surface area contributed by atoms with Crippen LogP contribution in [0.5, 0.6) is 0 Å². The Morgan fingerprint density at radius 2 is 0.868 bits per heavy atom. The fourth-order valence-electron chi connectivity index (χ4n) is 7.53. The number of aromatic nitrogens is 2. The first-order chi connectivity index (χ1) is 26.2. The Labute approximate surface area is 312 Å². The van der Waals surface area contributed by atoms with Gasteiger partial charge in [0.2, 0.25) is 0 Å². The summed E-state index contributed by atoms with van der Waals surface area (Å²) in [5, 5.41) is 5.05. The fourth-order valence-corrected chi connectivity index (χ4v) is 8.66. The van der Waals surface area contributed by atoms with E-state index in [-0.39, 0.29) is 0 Å². The minimum atomic E-state index is 0.700. The van der Waals surface area contributed by atoms with Crippen molar-refractivity contribution in [2.75, 3.05) is 0 Å². The molecule has 0 aliphatic rings. The van der Waals surface area contributed by atoms with Gasteiger partial charge in [0.1, 0.15) is 0 Å². The molecule has 0 saturated carbocycles. The summed E-state index contributed by atoms with van der Waals surface area (Å²) in [5.74, 6) is 0.700. The van der Waals surface area contributed by atoms with E-state index in [0.29, 0.717) is 5.82 Å². The van der Waals surface area contributed by atoms with E-state index in [1.165, 1.54) is 47.6 Å². The molecule has 0 spiro atoms. The third kappa shape index (κ3) is 5.78. The Bertz CT molecular complexity index is 2940. The average Bonchev–Trinajstić information content (AvgIpc) is 3.63. The molecule has 10 aromatic rings. The number of benzene rings is 8. The van der Waals surface area contributed by atoms with Crippen molar-refractivity contribution in [1.82, 2.24) is 9.97 Å². The van der Waals surface area contributed by atoms with Gasteiger partial charge in [-0.1, -0.05) is 152 Å². The molecule has 8 aromatic carbocycles. The zero-order valence-corrected chi connectivity index (χ0v) is 29.6. The molecule has 10 rings (SSSR count). The van der Waals surface area contributed by atoms with E-state index in [1.54, 1.807) is 0 Å². The molecule has 3 heteroatoms. The molecule has 0 N–H and O–H groups in total. The van der Waals surface area contributed by atoms with Crippen LogP contribution in [0, 0.1) is 0 Å². The minimum absolute atomic E-state index is 0.700. The van der Waals surface area contributed by atoms with Crippen LogP contribution in [0.1, 0.15) is 0 Å². The van der Waals surface area contributed by atoms with Crippen molar-refractivity contribution < 1.29 is 0 Å². The maximum atomic E-state index is 5.28. The number of nitrogens with zero attached hydrogens (tertiary/aromatic N) is 2. The molecule has 0 bridgehead atoms. The summed E-state index contributed by atoms with van der Waals surface area (Å²) >= 11 is 1.85. The second-order valence-corrected chi connectivity index (χ2v) is 14.5. The van der Waals surface area contributed by atoms with E-state index in [1.807, 2.05) is 29.5 Å². The lowest BCUT2D eigenvalue weighted by Gasteiger charge is -2.14. The zero-order valence-electron chi connectivity index (χ0n) is 28.8. The van der Waals surface area contributed by atoms with Crippen LogP contribution in [0.4, 0.5) is 0 Å². The Morgan fingerprint density at radius 1 is 0.321 bits per heavy atom. The molecule has 248 valence electrons. The lowest BCUT2D eigenvalue weighted by atomic mass is 9.92. The summed E-state index contributed by atoms with van der Waals surface area (Å²) < 4.78 is 2.59. The van der Waals surface area contributed by atoms with Gasteiger partial charge in [-0.25, -0.2) is 9.97 Å². The van der Waals surface area contributed by atoms with E-state index in [0.717, 1.165) is 44.8 Å². The second-order valence-electron chi connectivity index (χ2n) is 13.4. The number of hydrogen-bond donors (Lipinski definition) is 0. The molecule has 0 aliphatic carbocycles. The number of thiophene rings is 1. The van der Waals surface area contributed by atoms with E-state index in [4.69, 9.17) is 9.97 Å². The van der Waals surface area contributed by atoms with Crippen molar-refractivity contribution in [1.29, 1.82) is 0 Å². The zero-order chi connectivity index (χ0) is 35.1. The first-order valence-electron chi connectivity index (χ1n) is 17.9. The van der Waals surface area contributed by atoms with Crippen LogP contribution >= 0.6 is 11.3 Å². The molecule has 0 radical (unpaired) electrons. The van der Waals surface area contributed by atoms with Crippen LogP contribution in [-0.2, 0) is 0 Å². The maximum Gasteiger partial charge on any atom is 0.160 e. The lowest BCUT2D eigenvalue weighted by Crippen LogP contribution is -1.97. The molecule has 0 fully saturated rings. The van der Waals surface area contributed by atoms with Gasteiger partial charge in [-0.05, 0) is 86.6 Å². The lowest BCUT2D eigenvalue weighted by molar-refractivity contribution is 1.18. The summed E-state index contributed by atoms with van der Waals surface area (Å²) in [5.41, 5.74) is 11.9. The van der Waals surface area contributed by atoms with Gasteiger partial charge in [0.25, 0.3) is 0 Å². The highest BCUT2D eigenvalue weighted by molar-refractivity contribution is 7.25. The van der Waals surface area contributed by atoms with Crippen molar-refractivity contribution in [3.8, 4) is 67.3 Å². The molecule has 0 saturated heterocycles. The molecule has 2 nitrogen and oxygen atoms in total. The summed E-state index contributed by atoms with van der Waals surface area (Å²) in [6, 6.07) is 69.3. The summed E-state index contributed by atoms with van der Waals surface area (Å²) in [6.07, 6.45) is 0. The third-order valence-electron chi connectivity index (χ3n) is 10.1. The number of fused-ring (bicyclic) bond motifs is 4. The van der Waals surface area contributed by atoms with Gasteiger partial charge in [-0.15, -0.1) is 11.3 Å². The van der Waals surface area contributed by atoms with Gasteiger partial charge in [0.15, 0.2) is 5.82 Å². The Balaban J connectivity index is 1.19. The van der Waals surface area contributed by atoms with Gasteiger partial charge in [0.05, 0.1) is 11.4 Å². The normalized spacial score (nSPS) is 11.4. The van der Waals surface area contributed by atoms with Crippen LogP contribution in [0.2, 0.25) is 0 Å². The maximum absolute atomic E-state index is 5.28. The molecule has 0 amide bonds. The monoisotopic (exact) mass is 692 g/mol. The van der Waals surface area contributed by atoms with Crippen molar-refractivity contribution in [2.45, 2.75) is 0 Å². The number of hydrogen-bond acceptors (Lipinski definition) is 3. The van der Waals surface area contributed by atoms with Gasteiger partial charge in [0, 0.05) is 36.9 Å². The Hall–Kier alpha value is -6.68. The van der Waals surface area contributed by atoms with Crippen molar-refractivity contribution in [3.05, 3.63) is 194 Å². The Kier molecular flexibility index (Phi) is 7.71. The van der Waals surface area contributed by atoms with Crippen LogP contribution in [0.3, 0.4) is 0 Å². The van der Waals surface area contributed by atoms with Gasteiger partial charge < -0.3 is 0 Å². The van der Waals surface area contributed by atoms with E-state index >= 15 is 0 Å². The van der Waals surface area contributed by atoms with Crippen molar-refractivity contribution >= 4 is 42.3 Å². The van der Waals surface area contributed by atoms with E-state index in [2.05, 4.69) is 176 Å². The predicted octanol–water partition coefficient (Wildman–Crippen LogP) is 14.0. The molecule has 0 atom stereocenters. The summed E-state index contributed by atoms with van der Waals surface area (Å²) in [4.78, 5) is 10.5. The standard InChI is InChI=1S/C50H32N2S/c1-3-14-33(15-4-1)38-29-39(43-25-13-27-48-49(43)44-23-9-10-26-47(44)53-48)31-40(30-38)46-32-45(51-50(52-46)35-17-5-2-6-18-35)37-21-11-20-36(28-37)42-24-12-19-34-16-7-8-22-41(34)42/h1-32H. The van der Waals surface area contributed by atoms with E-state index < -0.39 is 0 Å². The molecule has 0 aliphatic heterocycles. The highest BCUT2D eigenvalue weighted by Gasteiger charge is 2.17. The third-order valence-corrected chi connectivity index (χ3v) is 11.2. The largest absolute Gasteiger partial charge is 0.228 e. The van der Waals surface area contributed by atoms with Gasteiger partial charge >= 0.3 is 0 Å². The minimum Gasteiger partial charge on any atom is -0.228 e. The highest BCUT2D eigenvalue weighted by atomic mass is 32.1. The topological polar surface area (TPSA) is 25.8 Å². The first-order valence-corrected chi connectivity index (χ1v) is 18.7. The van der Waals surface area contributed by atoms with Gasteiger partial charge in [-0.2, -0.15) is 0 Å². The predicted molar refractivity (Wildman–Crippen MR) is 225 cm³/mol. The van der Waals surface area contributed by atoms with Gasteiger partial charge in [-0.3, -0.25) is 0 Å².